The maximum atomic E-state index is 11.2. The van der Waals surface area contributed by atoms with Crippen LogP contribution in [-0.4, -0.2) is 59.3 Å². The quantitative estimate of drug-likeness (QED) is 0.426. The molecule has 0 fully saturated rings. The first-order valence-corrected chi connectivity index (χ1v) is 9.12. The Morgan fingerprint density at radius 1 is 1.32 bits per heavy atom. The standard InChI is InChI=1S/C11H25NO5SSi/c1-11(8-13,10(12)14)9-18-6-5-7-19(15-2,16-3)17-4/h13H,5-9H2,1-4H3,(H2,12,14). The Morgan fingerprint density at radius 3 is 2.21 bits per heavy atom. The summed E-state index contributed by atoms with van der Waals surface area (Å²) in [5.74, 6) is 0.852. The van der Waals surface area contributed by atoms with Gasteiger partial charge >= 0.3 is 8.80 Å². The van der Waals surface area contributed by atoms with Crippen LogP contribution in [0.3, 0.4) is 0 Å². The molecular formula is C11H25NO5SSi. The highest BCUT2D eigenvalue weighted by molar-refractivity contribution is 7.99. The monoisotopic (exact) mass is 311 g/mol. The van der Waals surface area contributed by atoms with E-state index in [4.69, 9.17) is 19.0 Å². The van der Waals surface area contributed by atoms with E-state index in [9.17, 15) is 9.90 Å². The van der Waals surface area contributed by atoms with Gasteiger partial charge in [-0.15, -0.1) is 0 Å². The lowest BCUT2D eigenvalue weighted by Crippen LogP contribution is -2.42. The Balaban J connectivity index is 4.02. The van der Waals surface area contributed by atoms with Crippen LogP contribution in [0.4, 0.5) is 0 Å². The topological polar surface area (TPSA) is 91.0 Å². The predicted octanol–water partition coefficient (Wildman–Crippen LogP) is 0.472. The van der Waals surface area contributed by atoms with E-state index in [-0.39, 0.29) is 6.61 Å². The van der Waals surface area contributed by atoms with Gasteiger partial charge in [0.05, 0.1) is 12.0 Å². The molecular weight excluding hydrogens is 286 g/mol. The fourth-order valence-electron chi connectivity index (χ4n) is 1.44. The molecule has 0 spiro atoms. The smallest absolute Gasteiger partial charge is 0.395 e. The lowest BCUT2D eigenvalue weighted by atomic mass is 9.94. The second-order valence-electron chi connectivity index (χ2n) is 4.53. The van der Waals surface area contributed by atoms with Crippen LogP contribution in [0.25, 0.3) is 0 Å². The molecule has 0 aliphatic heterocycles. The maximum Gasteiger partial charge on any atom is 0.500 e. The molecule has 1 amide bonds. The Kier molecular flexibility index (Phi) is 8.87. The number of aliphatic hydroxyl groups excluding tert-OH is 1. The van der Waals surface area contributed by atoms with Crippen molar-refractivity contribution in [2.75, 3.05) is 39.4 Å². The minimum atomic E-state index is -2.50. The van der Waals surface area contributed by atoms with Gasteiger partial charge in [0.1, 0.15) is 0 Å². The SMILES string of the molecule is CO[Si](CCCSCC(C)(CO)C(N)=O)(OC)OC. The van der Waals surface area contributed by atoms with Gasteiger partial charge in [-0.2, -0.15) is 11.8 Å². The fourth-order valence-corrected chi connectivity index (χ4v) is 4.59. The van der Waals surface area contributed by atoms with E-state index in [1.807, 2.05) is 0 Å². The van der Waals surface area contributed by atoms with Crippen molar-refractivity contribution in [1.29, 1.82) is 0 Å². The zero-order chi connectivity index (χ0) is 14.9. The van der Waals surface area contributed by atoms with Crippen molar-refractivity contribution in [2.45, 2.75) is 19.4 Å². The van der Waals surface area contributed by atoms with Crippen molar-refractivity contribution >= 4 is 26.5 Å². The minimum absolute atomic E-state index is 0.234. The molecule has 8 heteroatoms. The molecule has 6 nitrogen and oxygen atoms in total. The molecule has 0 aromatic heterocycles. The number of carbonyl (C=O) groups excluding carboxylic acids is 1. The second kappa shape index (κ2) is 8.93. The minimum Gasteiger partial charge on any atom is -0.395 e. The van der Waals surface area contributed by atoms with Crippen LogP contribution in [-0.2, 0) is 18.1 Å². The lowest BCUT2D eigenvalue weighted by Gasteiger charge is -2.25. The van der Waals surface area contributed by atoms with Crippen LogP contribution < -0.4 is 5.73 Å². The van der Waals surface area contributed by atoms with Crippen LogP contribution in [0, 0.1) is 5.41 Å². The zero-order valence-corrected chi connectivity index (χ0v) is 13.9. The third-order valence-corrected chi connectivity index (χ3v) is 7.32. The average molecular weight is 311 g/mol. The Bertz CT molecular complexity index is 270. The molecule has 0 rings (SSSR count). The summed E-state index contributed by atoms with van der Waals surface area (Å²) in [5.41, 5.74) is 4.41. The molecule has 0 heterocycles. The number of rotatable bonds is 11. The van der Waals surface area contributed by atoms with Crippen LogP contribution in [0.1, 0.15) is 13.3 Å². The molecule has 1 unspecified atom stereocenters. The molecule has 1 atom stereocenters. The van der Waals surface area contributed by atoms with Gasteiger partial charge in [0.15, 0.2) is 0 Å². The van der Waals surface area contributed by atoms with Gasteiger partial charge in [0.25, 0.3) is 0 Å². The number of amides is 1. The number of hydrogen-bond acceptors (Lipinski definition) is 6. The van der Waals surface area contributed by atoms with Gasteiger partial charge in [-0.1, -0.05) is 0 Å². The van der Waals surface area contributed by atoms with Crippen molar-refractivity contribution < 1.29 is 23.2 Å². The summed E-state index contributed by atoms with van der Waals surface area (Å²) in [6.45, 7) is 1.43. The van der Waals surface area contributed by atoms with Crippen molar-refractivity contribution in [3.8, 4) is 0 Å². The van der Waals surface area contributed by atoms with Gasteiger partial charge in [-0.25, -0.2) is 0 Å². The number of nitrogens with two attached hydrogens (primary N) is 1. The van der Waals surface area contributed by atoms with Gasteiger partial charge in [0, 0.05) is 33.1 Å². The van der Waals surface area contributed by atoms with Gasteiger partial charge < -0.3 is 24.1 Å². The first-order valence-electron chi connectivity index (χ1n) is 6.03. The first kappa shape index (κ1) is 18.9. The molecule has 0 aromatic carbocycles. The Hall–Kier alpha value is -0.123. The van der Waals surface area contributed by atoms with Crippen LogP contribution in [0.15, 0.2) is 0 Å². The van der Waals surface area contributed by atoms with Crippen LogP contribution in [0.5, 0.6) is 0 Å². The van der Waals surface area contributed by atoms with E-state index >= 15 is 0 Å². The summed E-state index contributed by atoms with van der Waals surface area (Å²) in [4.78, 5) is 11.2. The Morgan fingerprint density at radius 2 is 1.84 bits per heavy atom. The van der Waals surface area contributed by atoms with E-state index in [0.717, 1.165) is 18.2 Å². The highest BCUT2D eigenvalue weighted by Crippen LogP contribution is 2.23. The van der Waals surface area contributed by atoms with Crippen LogP contribution in [0.2, 0.25) is 6.04 Å². The lowest BCUT2D eigenvalue weighted by molar-refractivity contribution is -0.127. The number of carbonyl (C=O) groups is 1. The maximum absolute atomic E-state index is 11.2. The molecule has 0 saturated carbocycles. The third kappa shape index (κ3) is 5.80. The number of hydrogen-bond donors (Lipinski definition) is 2. The second-order valence-corrected chi connectivity index (χ2v) is 8.73. The summed E-state index contributed by atoms with van der Waals surface area (Å²) >= 11 is 1.58. The normalized spacial score (nSPS) is 15.2. The van der Waals surface area contributed by atoms with E-state index in [1.165, 1.54) is 0 Å². The highest BCUT2D eigenvalue weighted by Gasteiger charge is 2.37. The van der Waals surface area contributed by atoms with Crippen molar-refractivity contribution in [3.63, 3.8) is 0 Å². The first-order chi connectivity index (χ1) is 8.89. The summed E-state index contributed by atoms with van der Waals surface area (Å²) in [6.07, 6.45) is 0.854. The van der Waals surface area contributed by atoms with Crippen molar-refractivity contribution in [2.24, 2.45) is 11.1 Å². The predicted molar refractivity (Wildman–Crippen MR) is 77.9 cm³/mol. The van der Waals surface area contributed by atoms with Crippen molar-refractivity contribution in [1.82, 2.24) is 0 Å². The Labute approximate surface area is 120 Å². The summed E-state index contributed by atoms with van der Waals surface area (Å²) in [7, 11) is 2.26. The molecule has 0 saturated heterocycles. The summed E-state index contributed by atoms with van der Waals surface area (Å²) in [6, 6.07) is 0.718. The van der Waals surface area contributed by atoms with E-state index in [2.05, 4.69) is 0 Å². The number of primary amides is 1. The molecule has 114 valence electrons. The molecule has 0 aliphatic rings. The zero-order valence-electron chi connectivity index (χ0n) is 12.1. The number of thioether (sulfide) groups is 1. The van der Waals surface area contributed by atoms with Crippen molar-refractivity contribution in [3.05, 3.63) is 0 Å². The highest BCUT2D eigenvalue weighted by atomic mass is 32.2. The summed E-state index contributed by atoms with van der Waals surface area (Å²) in [5, 5.41) is 9.19. The molecule has 19 heavy (non-hydrogen) atoms. The van der Waals surface area contributed by atoms with E-state index in [1.54, 1.807) is 40.0 Å². The largest absolute Gasteiger partial charge is 0.500 e. The van der Waals surface area contributed by atoms with E-state index in [0.29, 0.717) is 5.75 Å². The van der Waals surface area contributed by atoms with Gasteiger partial charge in [-0.05, 0) is 19.1 Å². The molecule has 3 N–H and O–H groups in total. The fraction of sp³-hybridized carbons (Fsp3) is 0.909. The number of aliphatic hydroxyl groups is 1. The molecule has 0 aromatic rings. The van der Waals surface area contributed by atoms with Gasteiger partial charge in [0.2, 0.25) is 5.91 Å². The average Bonchev–Trinajstić information content (AvgIpc) is 2.43. The van der Waals surface area contributed by atoms with Crippen LogP contribution >= 0.6 is 11.8 Å². The molecule has 0 radical (unpaired) electrons. The summed E-state index contributed by atoms with van der Waals surface area (Å²) < 4.78 is 15.9. The van der Waals surface area contributed by atoms with E-state index < -0.39 is 20.1 Å². The van der Waals surface area contributed by atoms with Gasteiger partial charge in [-0.3, -0.25) is 4.79 Å². The molecule has 0 aliphatic carbocycles. The third-order valence-electron chi connectivity index (χ3n) is 3.07. The molecule has 0 bridgehead atoms.